The van der Waals surface area contributed by atoms with Crippen LogP contribution in [0, 0.1) is 11.7 Å². The van der Waals surface area contributed by atoms with E-state index in [2.05, 4.69) is 0 Å². The van der Waals surface area contributed by atoms with Crippen molar-refractivity contribution in [1.29, 1.82) is 0 Å². The zero-order chi connectivity index (χ0) is 13.3. The van der Waals surface area contributed by atoms with Gasteiger partial charge in [0.2, 0.25) is 5.92 Å². The smallest absolute Gasteiger partial charge is 0.248 e. The van der Waals surface area contributed by atoms with Crippen molar-refractivity contribution in [1.82, 2.24) is 0 Å². The van der Waals surface area contributed by atoms with E-state index in [9.17, 15) is 18.0 Å². The van der Waals surface area contributed by atoms with E-state index in [-0.39, 0.29) is 30.1 Å². The van der Waals surface area contributed by atoms with Crippen molar-refractivity contribution >= 4 is 17.4 Å². The van der Waals surface area contributed by atoms with Crippen molar-refractivity contribution in [2.75, 3.05) is 0 Å². The van der Waals surface area contributed by atoms with Crippen LogP contribution in [0.1, 0.15) is 24.8 Å². The summed E-state index contributed by atoms with van der Waals surface area (Å²) in [5, 5.41) is -0.101. The Morgan fingerprint density at radius 2 is 2.17 bits per heavy atom. The lowest BCUT2D eigenvalue weighted by atomic mass is 9.96. The van der Waals surface area contributed by atoms with Crippen molar-refractivity contribution in [3.63, 3.8) is 0 Å². The monoisotopic (exact) mass is 276 g/mol. The fraction of sp³-hybridized carbons (Fsp3) is 0.462. The molecular weight excluding hydrogens is 265 g/mol. The predicted molar refractivity (Wildman–Crippen MR) is 62.4 cm³/mol. The first-order chi connectivity index (χ1) is 8.39. The van der Waals surface area contributed by atoms with Gasteiger partial charge in [-0.15, -0.1) is 0 Å². The minimum absolute atomic E-state index is 0.0860. The van der Waals surface area contributed by atoms with Gasteiger partial charge in [-0.25, -0.2) is 13.2 Å². The Kier molecular flexibility index (Phi) is 3.66. The second-order valence-electron chi connectivity index (χ2n) is 4.65. The highest BCUT2D eigenvalue weighted by Crippen LogP contribution is 2.39. The average Bonchev–Trinajstić information content (AvgIpc) is 2.65. The van der Waals surface area contributed by atoms with Crippen LogP contribution >= 0.6 is 11.6 Å². The molecule has 1 saturated carbocycles. The molecule has 18 heavy (non-hydrogen) atoms. The molecule has 5 heteroatoms. The molecule has 0 amide bonds. The van der Waals surface area contributed by atoms with Crippen molar-refractivity contribution in [3.05, 3.63) is 34.6 Å². The molecule has 0 saturated heterocycles. The van der Waals surface area contributed by atoms with Gasteiger partial charge in [0.1, 0.15) is 11.6 Å². The van der Waals surface area contributed by atoms with Crippen LogP contribution < -0.4 is 0 Å². The summed E-state index contributed by atoms with van der Waals surface area (Å²) in [6.45, 7) is 0. The summed E-state index contributed by atoms with van der Waals surface area (Å²) >= 11 is 5.72. The van der Waals surface area contributed by atoms with E-state index in [0.29, 0.717) is 5.56 Å². The average molecular weight is 277 g/mol. The van der Waals surface area contributed by atoms with Gasteiger partial charge < -0.3 is 0 Å². The van der Waals surface area contributed by atoms with E-state index in [1.54, 1.807) is 0 Å². The van der Waals surface area contributed by atoms with E-state index in [0.717, 1.165) is 0 Å². The first-order valence-corrected chi connectivity index (χ1v) is 6.10. The minimum atomic E-state index is -2.74. The van der Waals surface area contributed by atoms with Crippen LogP contribution in [0.3, 0.4) is 0 Å². The van der Waals surface area contributed by atoms with Crippen LogP contribution in [-0.2, 0) is 11.2 Å². The second-order valence-corrected chi connectivity index (χ2v) is 5.03. The van der Waals surface area contributed by atoms with Crippen LogP contribution in [-0.4, -0.2) is 11.7 Å². The maximum absolute atomic E-state index is 13.2. The fourth-order valence-electron chi connectivity index (χ4n) is 2.24. The Bertz CT molecular complexity index is 473. The number of carbonyl (C=O) groups excluding carboxylic acids is 1. The fourth-order valence-corrected chi connectivity index (χ4v) is 2.43. The summed E-state index contributed by atoms with van der Waals surface area (Å²) in [4.78, 5) is 11.9. The molecule has 1 atom stereocenters. The third kappa shape index (κ3) is 2.86. The van der Waals surface area contributed by atoms with Gasteiger partial charge in [-0.1, -0.05) is 23.7 Å². The Morgan fingerprint density at radius 3 is 2.78 bits per heavy atom. The predicted octanol–water partition coefficient (Wildman–Crippen LogP) is 4.03. The Labute approximate surface area is 108 Å². The Morgan fingerprint density at radius 1 is 1.44 bits per heavy atom. The number of Topliss-reactive ketones (excluding diaryl/α,β-unsaturated/α-hetero) is 1. The molecule has 1 unspecified atom stereocenters. The van der Waals surface area contributed by atoms with Gasteiger partial charge in [0, 0.05) is 25.2 Å². The lowest BCUT2D eigenvalue weighted by Crippen LogP contribution is -2.17. The summed E-state index contributed by atoms with van der Waals surface area (Å²) in [6, 6.07) is 4.18. The van der Waals surface area contributed by atoms with Crippen molar-refractivity contribution in [2.24, 2.45) is 5.92 Å². The molecule has 98 valence electrons. The number of alkyl halides is 2. The van der Waals surface area contributed by atoms with Crippen LogP contribution in [0.4, 0.5) is 13.2 Å². The topological polar surface area (TPSA) is 17.1 Å². The maximum Gasteiger partial charge on any atom is 0.248 e. The van der Waals surface area contributed by atoms with Gasteiger partial charge in [0.05, 0.1) is 5.02 Å². The zero-order valence-electron chi connectivity index (χ0n) is 9.56. The number of benzene rings is 1. The van der Waals surface area contributed by atoms with Gasteiger partial charge in [0.25, 0.3) is 0 Å². The zero-order valence-corrected chi connectivity index (χ0v) is 10.3. The lowest BCUT2D eigenvalue weighted by molar-refractivity contribution is -0.123. The van der Waals surface area contributed by atoms with E-state index < -0.39 is 24.1 Å². The van der Waals surface area contributed by atoms with Crippen molar-refractivity contribution in [3.8, 4) is 0 Å². The number of halogens is 4. The third-order valence-electron chi connectivity index (χ3n) is 3.26. The third-order valence-corrected chi connectivity index (χ3v) is 3.68. The largest absolute Gasteiger partial charge is 0.299 e. The molecule has 1 nitrogen and oxygen atoms in total. The summed E-state index contributed by atoms with van der Waals surface area (Å²) in [5.74, 6) is -4.27. The summed E-state index contributed by atoms with van der Waals surface area (Å²) < 4.78 is 39.2. The first kappa shape index (κ1) is 13.4. The Hall–Kier alpha value is -1.03. The van der Waals surface area contributed by atoms with Gasteiger partial charge in [-0.3, -0.25) is 4.79 Å². The van der Waals surface area contributed by atoms with Gasteiger partial charge >= 0.3 is 0 Å². The highest BCUT2D eigenvalue weighted by molar-refractivity contribution is 6.31. The number of hydrogen-bond donors (Lipinski definition) is 0. The molecule has 2 rings (SSSR count). The SMILES string of the molecule is O=C(Cc1cccc(F)c1Cl)C1CCC(F)(F)C1. The van der Waals surface area contributed by atoms with Crippen LogP contribution in [0.15, 0.2) is 18.2 Å². The van der Waals surface area contributed by atoms with E-state index >= 15 is 0 Å². The normalized spacial score (nSPS) is 22.1. The minimum Gasteiger partial charge on any atom is -0.299 e. The summed E-state index contributed by atoms with van der Waals surface area (Å²) in [5.41, 5.74) is 0.358. The molecule has 0 aliphatic heterocycles. The first-order valence-electron chi connectivity index (χ1n) is 5.72. The maximum atomic E-state index is 13.2. The van der Waals surface area contributed by atoms with Crippen LogP contribution in [0.2, 0.25) is 5.02 Å². The van der Waals surface area contributed by atoms with Crippen LogP contribution in [0.5, 0.6) is 0 Å². The number of rotatable bonds is 3. The highest BCUT2D eigenvalue weighted by atomic mass is 35.5. The molecule has 1 aromatic carbocycles. The number of hydrogen-bond acceptors (Lipinski definition) is 1. The van der Waals surface area contributed by atoms with Gasteiger partial charge in [0.15, 0.2) is 0 Å². The van der Waals surface area contributed by atoms with E-state index in [1.165, 1.54) is 18.2 Å². The molecule has 0 heterocycles. The summed E-state index contributed by atoms with van der Waals surface area (Å²) in [7, 11) is 0. The van der Waals surface area contributed by atoms with E-state index in [1.807, 2.05) is 0 Å². The number of ketones is 1. The molecule has 1 fully saturated rings. The highest BCUT2D eigenvalue weighted by Gasteiger charge is 2.42. The molecule has 1 aliphatic carbocycles. The number of carbonyl (C=O) groups is 1. The van der Waals surface area contributed by atoms with Gasteiger partial charge in [-0.05, 0) is 18.1 Å². The molecule has 0 N–H and O–H groups in total. The molecule has 1 aliphatic rings. The van der Waals surface area contributed by atoms with Crippen LogP contribution in [0.25, 0.3) is 0 Å². The quantitative estimate of drug-likeness (QED) is 0.815. The standard InChI is InChI=1S/C13H12ClF3O/c14-12-8(2-1-3-10(12)15)6-11(18)9-4-5-13(16,17)7-9/h1-3,9H,4-7H2. The van der Waals surface area contributed by atoms with Crippen molar-refractivity contribution < 1.29 is 18.0 Å². The van der Waals surface area contributed by atoms with E-state index in [4.69, 9.17) is 11.6 Å². The van der Waals surface area contributed by atoms with Gasteiger partial charge in [-0.2, -0.15) is 0 Å². The molecule has 1 aromatic rings. The molecule has 0 radical (unpaired) electrons. The Balaban J connectivity index is 2.06. The molecule has 0 aromatic heterocycles. The second kappa shape index (κ2) is 4.92. The molecular formula is C13H12ClF3O. The summed E-state index contributed by atoms with van der Waals surface area (Å²) in [6.07, 6.45) is -0.546. The molecule has 0 spiro atoms. The lowest BCUT2D eigenvalue weighted by Gasteiger charge is -2.10. The molecule has 0 bridgehead atoms. The van der Waals surface area contributed by atoms with Crippen molar-refractivity contribution in [2.45, 2.75) is 31.6 Å².